The van der Waals surface area contributed by atoms with Crippen molar-refractivity contribution in [3.05, 3.63) is 58.6 Å². The molecular formula is C12H8BrFN2O. The third-order valence-corrected chi connectivity index (χ3v) is 2.92. The molecule has 1 aromatic carbocycles. The number of nitrogens with zero attached hydrogens (tertiary/aromatic N) is 1. The summed E-state index contributed by atoms with van der Waals surface area (Å²) in [5.41, 5.74) is 0.808. The number of carbonyl (C=O) groups excluding carboxylic acids is 1. The Kier molecular flexibility index (Phi) is 3.49. The smallest absolute Gasteiger partial charge is 0.256 e. The van der Waals surface area contributed by atoms with Gasteiger partial charge >= 0.3 is 0 Å². The predicted molar refractivity (Wildman–Crippen MR) is 66.3 cm³/mol. The molecule has 5 heteroatoms. The van der Waals surface area contributed by atoms with Crippen LogP contribution < -0.4 is 5.32 Å². The minimum atomic E-state index is -0.469. The fourth-order valence-electron chi connectivity index (χ4n) is 1.31. The molecule has 0 saturated carbocycles. The summed E-state index contributed by atoms with van der Waals surface area (Å²) in [5, 5.41) is 2.63. The SMILES string of the molecule is O=C(Nc1cccnc1)c1cccc(F)c1Br. The van der Waals surface area contributed by atoms with E-state index in [1.54, 1.807) is 24.4 Å². The van der Waals surface area contributed by atoms with Crippen LogP contribution in [-0.4, -0.2) is 10.9 Å². The maximum absolute atomic E-state index is 13.2. The highest BCUT2D eigenvalue weighted by Crippen LogP contribution is 2.21. The second-order valence-corrected chi connectivity index (χ2v) is 4.09. The van der Waals surface area contributed by atoms with E-state index in [-0.39, 0.29) is 15.9 Å². The molecule has 86 valence electrons. The zero-order chi connectivity index (χ0) is 12.3. The third kappa shape index (κ3) is 2.68. The third-order valence-electron chi connectivity index (χ3n) is 2.12. The van der Waals surface area contributed by atoms with Gasteiger partial charge in [-0.15, -0.1) is 0 Å². The lowest BCUT2D eigenvalue weighted by atomic mass is 10.2. The predicted octanol–water partition coefficient (Wildman–Crippen LogP) is 3.24. The topological polar surface area (TPSA) is 42.0 Å². The lowest BCUT2D eigenvalue weighted by Gasteiger charge is -2.06. The van der Waals surface area contributed by atoms with Gasteiger partial charge in [0.1, 0.15) is 5.82 Å². The van der Waals surface area contributed by atoms with E-state index in [0.29, 0.717) is 5.69 Å². The van der Waals surface area contributed by atoms with Crippen LogP contribution in [0.5, 0.6) is 0 Å². The molecule has 0 aliphatic carbocycles. The molecule has 2 rings (SSSR count). The Balaban J connectivity index is 2.24. The molecule has 0 aliphatic heterocycles. The van der Waals surface area contributed by atoms with Gasteiger partial charge in [-0.25, -0.2) is 4.39 Å². The van der Waals surface area contributed by atoms with E-state index < -0.39 is 5.82 Å². The van der Waals surface area contributed by atoms with Gasteiger partial charge in [0.05, 0.1) is 21.9 Å². The molecule has 0 saturated heterocycles. The number of amides is 1. The first kappa shape index (κ1) is 11.7. The van der Waals surface area contributed by atoms with Gasteiger partial charge in [-0.1, -0.05) is 6.07 Å². The van der Waals surface area contributed by atoms with Crippen molar-refractivity contribution in [2.75, 3.05) is 5.32 Å². The molecule has 3 nitrogen and oxygen atoms in total. The molecule has 1 N–H and O–H groups in total. The molecule has 17 heavy (non-hydrogen) atoms. The Labute approximate surface area is 106 Å². The van der Waals surface area contributed by atoms with Gasteiger partial charge in [0, 0.05) is 6.20 Å². The standard InChI is InChI=1S/C12H8BrFN2O/c13-11-9(4-1-5-10(11)14)12(17)16-8-3-2-6-15-7-8/h1-7H,(H,16,17). The van der Waals surface area contributed by atoms with Crippen molar-refractivity contribution < 1.29 is 9.18 Å². The number of benzene rings is 1. The normalized spacial score (nSPS) is 10.0. The highest BCUT2D eigenvalue weighted by atomic mass is 79.9. The van der Waals surface area contributed by atoms with Crippen LogP contribution in [0.3, 0.4) is 0 Å². The summed E-state index contributed by atoms with van der Waals surface area (Å²) in [5.74, 6) is -0.854. The molecule has 0 fully saturated rings. The van der Waals surface area contributed by atoms with Crippen molar-refractivity contribution in [3.63, 3.8) is 0 Å². The van der Waals surface area contributed by atoms with Crippen molar-refractivity contribution in [1.29, 1.82) is 0 Å². The van der Waals surface area contributed by atoms with Crippen molar-refractivity contribution in [2.24, 2.45) is 0 Å². The van der Waals surface area contributed by atoms with Crippen LogP contribution in [0.25, 0.3) is 0 Å². The molecule has 0 unspecified atom stereocenters. The monoisotopic (exact) mass is 294 g/mol. The number of carbonyl (C=O) groups is 1. The van der Waals surface area contributed by atoms with Gasteiger partial charge < -0.3 is 5.32 Å². The average Bonchev–Trinajstić information content (AvgIpc) is 2.34. The Bertz CT molecular complexity index is 545. The fraction of sp³-hybridized carbons (Fsp3) is 0. The lowest BCUT2D eigenvalue weighted by Crippen LogP contribution is -2.13. The number of anilines is 1. The summed E-state index contributed by atoms with van der Waals surface area (Å²) in [7, 11) is 0. The minimum absolute atomic E-state index is 0.154. The van der Waals surface area contributed by atoms with Crippen molar-refractivity contribution in [1.82, 2.24) is 4.98 Å². The Morgan fingerprint density at radius 1 is 1.29 bits per heavy atom. The number of hydrogen-bond donors (Lipinski definition) is 1. The van der Waals surface area contributed by atoms with Gasteiger partial charge in [0.2, 0.25) is 0 Å². The second-order valence-electron chi connectivity index (χ2n) is 3.30. The van der Waals surface area contributed by atoms with Gasteiger partial charge in [-0.2, -0.15) is 0 Å². The van der Waals surface area contributed by atoms with Gasteiger partial charge in [0.25, 0.3) is 5.91 Å². The van der Waals surface area contributed by atoms with E-state index in [4.69, 9.17) is 0 Å². The minimum Gasteiger partial charge on any atom is -0.321 e. The van der Waals surface area contributed by atoms with Crippen LogP contribution in [0.4, 0.5) is 10.1 Å². The van der Waals surface area contributed by atoms with Crippen molar-refractivity contribution in [2.45, 2.75) is 0 Å². The van der Waals surface area contributed by atoms with E-state index in [1.165, 1.54) is 18.3 Å². The average molecular weight is 295 g/mol. The molecule has 0 atom stereocenters. The summed E-state index contributed by atoms with van der Waals surface area (Å²) < 4.78 is 13.4. The Morgan fingerprint density at radius 3 is 2.82 bits per heavy atom. The Morgan fingerprint density at radius 2 is 2.12 bits per heavy atom. The molecule has 0 bridgehead atoms. The van der Waals surface area contributed by atoms with Crippen molar-refractivity contribution >= 4 is 27.5 Å². The summed E-state index contributed by atoms with van der Waals surface area (Å²) >= 11 is 3.04. The van der Waals surface area contributed by atoms with Crippen LogP contribution in [0.2, 0.25) is 0 Å². The Hall–Kier alpha value is -1.75. The number of aromatic nitrogens is 1. The van der Waals surface area contributed by atoms with Crippen LogP contribution in [-0.2, 0) is 0 Å². The highest BCUT2D eigenvalue weighted by Gasteiger charge is 2.12. The number of nitrogens with one attached hydrogen (secondary N) is 1. The van der Waals surface area contributed by atoms with Crippen LogP contribution in [0.1, 0.15) is 10.4 Å². The number of hydrogen-bond acceptors (Lipinski definition) is 2. The largest absolute Gasteiger partial charge is 0.321 e. The maximum Gasteiger partial charge on any atom is 0.256 e. The van der Waals surface area contributed by atoms with Crippen LogP contribution >= 0.6 is 15.9 Å². The second kappa shape index (κ2) is 5.05. The lowest BCUT2D eigenvalue weighted by molar-refractivity contribution is 0.102. The highest BCUT2D eigenvalue weighted by molar-refractivity contribution is 9.10. The van der Waals surface area contributed by atoms with Crippen LogP contribution in [0, 0.1) is 5.82 Å². The summed E-state index contributed by atoms with van der Waals surface area (Å²) in [6.45, 7) is 0. The van der Waals surface area contributed by atoms with Crippen LogP contribution in [0.15, 0.2) is 47.2 Å². The van der Waals surface area contributed by atoms with E-state index in [2.05, 4.69) is 26.2 Å². The summed E-state index contributed by atoms with van der Waals surface area (Å²) in [6.07, 6.45) is 3.12. The molecule has 0 aliphatic rings. The first-order chi connectivity index (χ1) is 8.18. The zero-order valence-corrected chi connectivity index (χ0v) is 10.2. The molecule has 1 heterocycles. The molecular weight excluding hydrogens is 287 g/mol. The molecule has 2 aromatic rings. The maximum atomic E-state index is 13.2. The summed E-state index contributed by atoms with van der Waals surface area (Å²) in [4.78, 5) is 15.7. The number of pyridine rings is 1. The molecule has 0 radical (unpaired) electrons. The summed E-state index contributed by atoms with van der Waals surface area (Å²) in [6, 6.07) is 7.72. The van der Waals surface area contributed by atoms with E-state index in [9.17, 15) is 9.18 Å². The van der Waals surface area contributed by atoms with Gasteiger partial charge in [-0.05, 0) is 40.2 Å². The van der Waals surface area contributed by atoms with Gasteiger partial charge in [-0.3, -0.25) is 9.78 Å². The van der Waals surface area contributed by atoms with E-state index in [1.807, 2.05) is 0 Å². The van der Waals surface area contributed by atoms with E-state index in [0.717, 1.165) is 0 Å². The van der Waals surface area contributed by atoms with Crippen molar-refractivity contribution in [3.8, 4) is 0 Å². The first-order valence-corrected chi connectivity index (χ1v) is 5.63. The fourth-order valence-corrected chi connectivity index (χ4v) is 1.76. The quantitative estimate of drug-likeness (QED) is 0.924. The molecule has 1 aromatic heterocycles. The van der Waals surface area contributed by atoms with Gasteiger partial charge in [0.15, 0.2) is 0 Å². The van der Waals surface area contributed by atoms with E-state index >= 15 is 0 Å². The number of rotatable bonds is 2. The molecule has 0 spiro atoms. The number of halogens is 2. The zero-order valence-electron chi connectivity index (χ0n) is 8.65. The molecule has 1 amide bonds. The first-order valence-electron chi connectivity index (χ1n) is 4.84.